The average Bonchev–Trinajstić information content (AvgIpc) is 2.56. The van der Waals surface area contributed by atoms with Crippen molar-refractivity contribution in [3.05, 3.63) is 24.3 Å². The number of rotatable bonds is 4. The van der Waals surface area contributed by atoms with E-state index in [-0.39, 0.29) is 6.10 Å². The fourth-order valence-corrected chi connectivity index (χ4v) is 3.85. The molecule has 122 valence electrons. The predicted octanol–water partition coefficient (Wildman–Crippen LogP) is 3.93. The number of nitrogens with zero attached hydrogens (tertiary/aromatic N) is 2. The fourth-order valence-electron chi connectivity index (χ4n) is 3.85. The highest BCUT2D eigenvalue weighted by molar-refractivity contribution is 5.58. The lowest BCUT2D eigenvalue weighted by atomic mass is 9.94. The molecule has 1 saturated carbocycles. The summed E-state index contributed by atoms with van der Waals surface area (Å²) in [7, 11) is 0. The maximum Gasteiger partial charge on any atom is 0.142 e. The lowest BCUT2D eigenvalue weighted by Gasteiger charge is -2.41. The summed E-state index contributed by atoms with van der Waals surface area (Å²) < 4.78 is 5.99. The Morgan fingerprint density at radius 2 is 1.64 bits per heavy atom. The Kier molecular flexibility index (Phi) is 5.24. The van der Waals surface area contributed by atoms with Gasteiger partial charge in [0.1, 0.15) is 5.75 Å². The Labute approximate surface area is 135 Å². The minimum absolute atomic E-state index is 0.227. The number of para-hydroxylation sites is 2. The van der Waals surface area contributed by atoms with Crippen molar-refractivity contribution in [3.8, 4) is 5.75 Å². The van der Waals surface area contributed by atoms with Gasteiger partial charge in [-0.1, -0.05) is 31.4 Å². The molecule has 2 fully saturated rings. The summed E-state index contributed by atoms with van der Waals surface area (Å²) in [5.74, 6) is 1.03. The van der Waals surface area contributed by atoms with Crippen LogP contribution in [-0.2, 0) is 0 Å². The van der Waals surface area contributed by atoms with Gasteiger partial charge in [-0.25, -0.2) is 0 Å². The molecular formula is C19H30N2O. The highest BCUT2D eigenvalue weighted by Gasteiger charge is 2.26. The number of anilines is 1. The molecule has 22 heavy (non-hydrogen) atoms. The third-order valence-electron chi connectivity index (χ3n) is 4.97. The number of ether oxygens (including phenoxy) is 1. The van der Waals surface area contributed by atoms with Crippen LogP contribution in [-0.4, -0.2) is 43.2 Å². The molecule has 0 amide bonds. The van der Waals surface area contributed by atoms with Crippen LogP contribution in [0.4, 0.5) is 5.69 Å². The molecule has 1 saturated heterocycles. The van der Waals surface area contributed by atoms with Gasteiger partial charge < -0.3 is 9.64 Å². The van der Waals surface area contributed by atoms with Crippen LogP contribution < -0.4 is 9.64 Å². The second kappa shape index (κ2) is 7.36. The van der Waals surface area contributed by atoms with E-state index in [1.807, 2.05) is 0 Å². The van der Waals surface area contributed by atoms with E-state index in [0.29, 0.717) is 0 Å². The summed E-state index contributed by atoms with van der Waals surface area (Å²) >= 11 is 0. The van der Waals surface area contributed by atoms with Gasteiger partial charge in [0.25, 0.3) is 0 Å². The molecule has 0 unspecified atom stereocenters. The third-order valence-corrected chi connectivity index (χ3v) is 4.97. The van der Waals surface area contributed by atoms with Gasteiger partial charge in [0.2, 0.25) is 0 Å². The van der Waals surface area contributed by atoms with E-state index in [4.69, 9.17) is 4.74 Å². The van der Waals surface area contributed by atoms with Crippen molar-refractivity contribution >= 4 is 5.69 Å². The van der Waals surface area contributed by atoms with Crippen LogP contribution in [0.15, 0.2) is 24.3 Å². The summed E-state index contributed by atoms with van der Waals surface area (Å²) in [4.78, 5) is 5.22. The molecule has 3 heteroatoms. The van der Waals surface area contributed by atoms with E-state index in [1.54, 1.807) is 0 Å². The van der Waals surface area contributed by atoms with Gasteiger partial charge in [-0.2, -0.15) is 0 Å². The van der Waals surface area contributed by atoms with Gasteiger partial charge in [-0.3, -0.25) is 4.90 Å². The SMILES string of the molecule is CC(C)Oc1ccccc1N1CCN(C2CCCCC2)CC1. The molecule has 0 N–H and O–H groups in total. The van der Waals surface area contributed by atoms with Crippen molar-refractivity contribution in [2.75, 3.05) is 31.1 Å². The van der Waals surface area contributed by atoms with Crippen LogP contribution in [0, 0.1) is 0 Å². The van der Waals surface area contributed by atoms with Gasteiger partial charge in [-0.15, -0.1) is 0 Å². The molecular weight excluding hydrogens is 272 g/mol. The van der Waals surface area contributed by atoms with Crippen LogP contribution >= 0.6 is 0 Å². The van der Waals surface area contributed by atoms with Gasteiger partial charge >= 0.3 is 0 Å². The molecule has 0 bridgehead atoms. The predicted molar refractivity (Wildman–Crippen MR) is 92.9 cm³/mol. The van der Waals surface area contributed by atoms with E-state index >= 15 is 0 Å². The highest BCUT2D eigenvalue weighted by atomic mass is 16.5. The van der Waals surface area contributed by atoms with Gasteiger partial charge in [0, 0.05) is 32.2 Å². The first-order valence-electron chi connectivity index (χ1n) is 8.99. The summed E-state index contributed by atoms with van der Waals surface area (Å²) in [6, 6.07) is 9.34. The van der Waals surface area contributed by atoms with Crippen LogP contribution in [0.25, 0.3) is 0 Å². The Morgan fingerprint density at radius 3 is 2.32 bits per heavy atom. The second-order valence-corrected chi connectivity index (χ2v) is 6.95. The minimum atomic E-state index is 0.227. The molecule has 1 aliphatic heterocycles. The second-order valence-electron chi connectivity index (χ2n) is 6.95. The van der Waals surface area contributed by atoms with Gasteiger partial charge in [0.05, 0.1) is 11.8 Å². The quantitative estimate of drug-likeness (QED) is 0.838. The summed E-state index contributed by atoms with van der Waals surface area (Å²) in [5, 5.41) is 0. The Morgan fingerprint density at radius 1 is 0.955 bits per heavy atom. The standard InChI is InChI=1S/C19H30N2O/c1-16(2)22-19-11-7-6-10-18(19)21-14-12-20(13-15-21)17-8-4-3-5-9-17/h6-7,10-11,16-17H,3-5,8-9,12-15H2,1-2H3. The molecule has 0 radical (unpaired) electrons. The molecule has 1 aromatic carbocycles. The van der Waals surface area contributed by atoms with Crippen molar-refractivity contribution in [1.82, 2.24) is 4.90 Å². The summed E-state index contributed by atoms with van der Waals surface area (Å²) in [6.45, 7) is 8.82. The van der Waals surface area contributed by atoms with E-state index in [1.165, 1.54) is 50.9 Å². The number of piperazine rings is 1. The molecule has 1 aliphatic carbocycles. The largest absolute Gasteiger partial charge is 0.489 e. The molecule has 2 aliphatic rings. The molecule has 3 rings (SSSR count). The van der Waals surface area contributed by atoms with Crippen LogP contribution in [0.2, 0.25) is 0 Å². The van der Waals surface area contributed by atoms with E-state index in [9.17, 15) is 0 Å². The van der Waals surface area contributed by atoms with Crippen molar-refractivity contribution in [2.45, 2.75) is 58.1 Å². The molecule has 1 heterocycles. The normalized spacial score (nSPS) is 21.3. The summed E-state index contributed by atoms with van der Waals surface area (Å²) in [5.41, 5.74) is 1.26. The van der Waals surface area contributed by atoms with Crippen molar-refractivity contribution in [1.29, 1.82) is 0 Å². The first kappa shape index (κ1) is 15.7. The van der Waals surface area contributed by atoms with Crippen molar-refractivity contribution in [2.24, 2.45) is 0 Å². The first-order chi connectivity index (χ1) is 10.7. The molecule has 3 nitrogen and oxygen atoms in total. The Balaban J connectivity index is 1.61. The van der Waals surface area contributed by atoms with Crippen LogP contribution in [0.3, 0.4) is 0 Å². The average molecular weight is 302 g/mol. The van der Waals surface area contributed by atoms with Gasteiger partial charge in [0.15, 0.2) is 0 Å². The monoisotopic (exact) mass is 302 g/mol. The van der Waals surface area contributed by atoms with E-state index in [2.05, 4.69) is 47.9 Å². The number of benzene rings is 1. The third kappa shape index (κ3) is 3.75. The van der Waals surface area contributed by atoms with Gasteiger partial charge in [-0.05, 0) is 38.8 Å². The lowest BCUT2D eigenvalue weighted by molar-refractivity contribution is 0.147. The lowest BCUT2D eigenvalue weighted by Crippen LogP contribution is -2.50. The van der Waals surface area contributed by atoms with Crippen molar-refractivity contribution < 1.29 is 4.74 Å². The Bertz CT molecular complexity index is 460. The van der Waals surface area contributed by atoms with Crippen LogP contribution in [0.5, 0.6) is 5.75 Å². The fraction of sp³-hybridized carbons (Fsp3) is 0.684. The zero-order chi connectivity index (χ0) is 15.4. The smallest absolute Gasteiger partial charge is 0.142 e. The van der Waals surface area contributed by atoms with Crippen LogP contribution in [0.1, 0.15) is 46.0 Å². The minimum Gasteiger partial charge on any atom is -0.489 e. The van der Waals surface area contributed by atoms with E-state index < -0.39 is 0 Å². The number of hydrogen-bond acceptors (Lipinski definition) is 3. The number of hydrogen-bond donors (Lipinski definition) is 0. The molecule has 0 spiro atoms. The Hall–Kier alpha value is -1.22. The summed E-state index contributed by atoms with van der Waals surface area (Å²) in [6.07, 6.45) is 7.34. The molecule has 0 aromatic heterocycles. The first-order valence-corrected chi connectivity index (χ1v) is 8.99. The molecule has 1 aromatic rings. The maximum atomic E-state index is 5.99. The zero-order valence-corrected chi connectivity index (χ0v) is 14.1. The maximum absolute atomic E-state index is 5.99. The topological polar surface area (TPSA) is 15.7 Å². The highest BCUT2D eigenvalue weighted by Crippen LogP contribution is 2.31. The van der Waals surface area contributed by atoms with E-state index in [0.717, 1.165) is 24.9 Å². The zero-order valence-electron chi connectivity index (χ0n) is 14.1. The molecule has 0 atom stereocenters. The van der Waals surface area contributed by atoms with Crippen molar-refractivity contribution in [3.63, 3.8) is 0 Å².